The van der Waals surface area contributed by atoms with Crippen LogP contribution in [0.4, 0.5) is 0 Å². The van der Waals surface area contributed by atoms with E-state index in [1.165, 1.54) is 25.7 Å². The first-order chi connectivity index (χ1) is 14.1. The molecule has 1 atom stereocenters. The quantitative estimate of drug-likeness (QED) is 0.186. The van der Waals surface area contributed by atoms with Gasteiger partial charge in [-0.15, -0.1) is 34.2 Å². The molecule has 1 aromatic rings. The van der Waals surface area contributed by atoms with Gasteiger partial charge in [0, 0.05) is 33.2 Å². The Bertz CT molecular complexity index is 602. The van der Waals surface area contributed by atoms with Crippen LogP contribution in [0, 0.1) is 12.8 Å². The maximum absolute atomic E-state index is 5.42. The van der Waals surface area contributed by atoms with Crippen molar-refractivity contribution in [1.82, 2.24) is 30.3 Å². The lowest BCUT2D eigenvalue weighted by Crippen LogP contribution is -2.42. The highest BCUT2D eigenvalue weighted by atomic mass is 127. The first-order valence-corrected chi connectivity index (χ1v) is 11.3. The van der Waals surface area contributed by atoms with Crippen LogP contribution in [0.1, 0.15) is 57.6 Å². The third kappa shape index (κ3) is 9.91. The van der Waals surface area contributed by atoms with Crippen molar-refractivity contribution in [2.24, 2.45) is 18.0 Å². The number of morpholine rings is 1. The summed E-state index contributed by atoms with van der Waals surface area (Å²) in [5, 5.41) is 15.4. The average molecular weight is 536 g/mol. The number of hydrogen-bond donors (Lipinski definition) is 2. The Labute approximate surface area is 199 Å². The molecule has 1 saturated heterocycles. The standard InChI is InChI=1S/C21H41N7O.HI/c1-5-7-9-19(6-2)16-23-21(24-17-20-26-25-18(3)27(20)4)22-10-8-11-28-12-14-29-15-13-28;/h19H,5-17H2,1-4H3,(H2,22,23,24);1H. The lowest BCUT2D eigenvalue weighted by atomic mass is 9.99. The lowest BCUT2D eigenvalue weighted by Gasteiger charge is -2.26. The van der Waals surface area contributed by atoms with Gasteiger partial charge in [-0.05, 0) is 32.2 Å². The highest BCUT2D eigenvalue weighted by molar-refractivity contribution is 14.0. The second kappa shape index (κ2) is 15.8. The van der Waals surface area contributed by atoms with E-state index in [-0.39, 0.29) is 24.0 Å². The Balaban J connectivity index is 0.00000450. The molecule has 0 spiro atoms. The van der Waals surface area contributed by atoms with Crippen molar-refractivity contribution < 1.29 is 4.74 Å². The fourth-order valence-electron chi connectivity index (χ4n) is 3.43. The molecule has 8 nitrogen and oxygen atoms in total. The predicted octanol–water partition coefficient (Wildman–Crippen LogP) is 2.72. The number of ether oxygens (including phenoxy) is 1. The summed E-state index contributed by atoms with van der Waals surface area (Å²) in [5.74, 6) is 3.36. The van der Waals surface area contributed by atoms with Gasteiger partial charge in [-0.3, -0.25) is 4.90 Å². The van der Waals surface area contributed by atoms with Crippen molar-refractivity contribution in [1.29, 1.82) is 0 Å². The molecular weight excluding hydrogens is 493 g/mol. The second-order valence-electron chi connectivity index (χ2n) is 7.92. The zero-order chi connectivity index (χ0) is 20.9. The largest absolute Gasteiger partial charge is 0.379 e. The average Bonchev–Trinajstić information content (AvgIpc) is 3.07. The summed E-state index contributed by atoms with van der Waals surface area (Å²) in [5.41, 5.74) is 0. The summed E-state index contributed by atoms with van der Waals surface area (Å²) in [7, 11) is 1.99. The number of unbranched alkanes of at least 4 members (excludes halogenated alkanes) is 1. The molecule has 2 rings (SSSR count). The second-order valence-corrected chi connectivity index (χ2v) is 7.92. The molecule has 174 valence electrons. The van der Waals surface area contributed by atoms with Crippen LogP contribution in [0.25, 0.3) is 0 Å². The van der Waals surface area contributed by atoms with E-state index < -0.39 is 0 Å². The number of nitrogens with one attached hydrogen (secondary N) is 2. The van der Waals surface area contributed by atoms with Crippen LogP contribution in [0.3, 0.4) is 0 Å². The SMILES string of the molecule is CCCCC(CC)CNC(=NCc1nnc(C)n1C)NCCCN1CCOCC1.I. The molecule has 0 aromatic carbocycles. The number of nitrogens with zero attached hydrogens (tertiary/aromatic N) is 5. The number of guanidine groups is 1. The monoisotopic (exact) mass is 535 g/mol. The fourth-order valence-corrected chi connectivity index (χ4v) is 3.43. The first kappa shape index (κ1) is 27.1. The molecule has 30 heavy (non-hydrogen) atoms. The number of halogens is 1. The lowest BCUT2D eigenvalue weighted by molar-refractivity contribution is 0.0376. The zero-order valence-electron chi connectivity index (χ0n) is 19.3. The highest BCUT2D eigenvalue weighted by Gasteiger charge is 2.11. The summed E-state index contributed by atoms with van der Waals surface area (Å²) in [6.07, 6.45) is 6.10. The molecule has 2 N–H and O–H groups in total. The van der Waals surface area contributed by atoms with Crippen LogP contribution in [-0.2, 0) is 18.3 Å². The Morgan fingerprint density at radius 2 is 1.93 bits per heavy atom. The van der Waals surface area contributed by atoms with Gasteiger partial charge < -0.3 is 19.9 Å². The van der Waals surface area contributed by atoms with Crippen LogP contribution in [-0.4, -0.2) is 71.6 Å². The fraction of sp³-hybridized carbons (Fsp3) is 0.857. The van der Waals surface area contributed by atoms with Crippen molar-refractivity contribution in [3.05, 3.63) is 11.6 Å². The number of aromatic nitrogens is 3. The number of aryl methyl sites for hydroxylation is 1. The molecule has 0 radical (unpaired) electrons. The van der Waals surface area contributed by atoms with E-state index in [9.17, 15) is 0 Å². The molecule has 9 heteroatoms. The molecule has 0 bridgehead atoms. The van der Waals surface area contributed by atoms with Crippen molar-refractivity contribution in [3.8, 4) is 0 Å². The van der Waals surface area contributed by atoms with Crippen molar-refractivity contribution in [2.75, 3.05) is 45.9 Å². The first-order valence-electron chi connectivity index (χ1n) is 11.3. The predicted molar refractivity (Wildman–Crippen MR) is 133 cm³/mol. The van der Waals surface area contributed by atoms with Gasteiger partial charge in [0.25, 0.3) is 0 Å². The van der Waals surface area contributed by atoms with Gasteiger partial charge in [-0.2, -0.15) is 0 Å². The zero-order valence-corrected chi connectivity index (χ0v) is 21.7. The third-order valence-electron chi connectivity index (χ3n) is 5.71. The summed E-state index contributed by atoms with van der Waals surface area (Å²) in [6, 6.07) is 0. The molecule has 1 unspecified atom stereocenters. The van der Waals surface area contributed by atoms with E-state index in [2.05, 4.69) is 39.6 Å². The maximum atomic E-state index is 5.42. The molecule has 1 fully saturated rings. The van der Waals surface area contributed by atoms with E-state index in [4.69, 9.17) is 9.73 Å². The minimum Gasteiger partial charge on any atom is -0.379 e. The maximum Gasteiger partial charge on any atom is 0.191 e. The minimum atomic E-state index is 0. The van der Waals surface area contributed by atoms with Gasteiger partial charge in [0.15, 0.2) is 11.8 Å². The Morgan fingerprint density at radius 3 is 2.57 bits per heavy atom. The smallest absolute Gasteiger partial charge is 0.191 e. The van der Waals surface area contributed by atoms with Gasteiger partial charge in [-0.25, -0.2) is 4.99 Å². The minimum absolute atomic E-state index is 0. The Kier molecular flexibility index (Phi) is 14.3. The van der Waals surface area contributed by atoms with Crippen molar-refractivity contribution >= 4 is 29.9 Å². The summed E-state index contributed by atoms with van der Waals surface area (Å²) in [4.78, 5) is 7.24. The number of hydrogen-bond acceptors (Lipinski definition) is 5. The number of rotatable bonds is 12. The summed E-state index contributed by atoms with van der Waals surface area (Å²) < 4.78 is 7.42. The van der Waals surface area contributed by atoms with Gasteiger partial charge in [0.05, 0.1) is 13.2 Å². The van der Waals surface area contributed by atoms with Crippen LogP contribution >= 0.6 is 24.0 Å². The molecule has 1 aromatic heterocycles. The normalized spacial score (nSPS) is 16.2. The Morgan fingerprint density at radius 1 is 1.17 bits per heavy atom. The molecule has 2 heterocycles. The van der Waals surface area contributed by atoms with Crippen LogP contribution in [0.5, 0.6) is 0 Å². The van der Waals surface area contributed by atoms with E-state index in [0.29, 0.717) is 12.5 Å². The van der Waals surface area contributed by atoms with E-state index in [1.54, 1.807) is 0 Å². The molecular formula is C21H42IN7O. The molecule has 0 amide bonds. The van der Waals surface area contributed by atoms with E-state index in [0.717, 1.165) is 70.0 Å². The van der Waals surface area contributed by atoms with Gasteiger partial charge in [0.1, 0.15) is 12.4 Å². The third-order valence-corrected chi connectivity index (χ3v) is 5.71. The van der Waals surface area contributed by atoms with E-state index in [1.807, 2.05) is 18.5 Å². The Hall–Kier alpha value is -0.940. The number of aliphatic imine (C=N–C) groups is 1. The topological polar surface area (TPSA) is 79.6 Å². The molecule has 1 aliphatic heterocycles. The highest BCUT2D eigenvalue weighted by Crippen LogP contribution is 2.11. The van der Waals surface area contributed by atoms with Gasteiger partial charge in [0.2, 0.25) is 0 Å². The van der Waals surface area contributed by atoms with Crippen LogP contribution in [0.2, 0.25) is 0 Å². The molecule has 0 aliphatic carbocycles. The molecule has 0 saturated carbocycles. The van der Waals surface area contributed by atoms with Crippen LogP contribution in [0.15, 0.2) is 4.99 Å². The van der Waals surface area contributed by atoms with Gasteiger partial charge >= 0.3 is 0 Å². The van der Waals surface area contributed by atoms with E-state index >= 15 is 0 Å². The summed E-state index contributed by atoms with van der Waals surface area (Å²) in [6.45, 7) is 13.8. The molecule has 1 aliphatic rings. The van der Waals surface area contributed by atoms with Crippen molar-refractivity contribution in [2.45, 2.75) is 59.4 Å². The van der Waals surface area contributed by atoms with Crippen LogP contribution < -0.4 is 10.6 Å². The summed E-state index contributed by atoms with van der Waals surface area (Å²) >= 11 is 0. The van der Waals surface area contributed by atoms with Crippen molar-refractivity contribution in [3.63, 3.8) is 0 Å². The van der Waals surface area contributed by atoms with Gasteiger partial charge in [-0.1, -0.05) is 33.1 Å².